The molecule has 0 aromatic carbocycles. The van der Waals surface area contributed by atoms with Gasteiger partial charge >= 0.3 is 6.03 Å². The Hall–Kier alpha value is -1.04. The number of hydrogen-bond acceptors (Lipinski definition) is 2. The Morgan fingerprint density at radius 1 is 1.31 bits per heavy atom. The smallest absolute Gasteiger partial charge is 0.316 e. The molecule has 0 rings (SSSR count). The van der Waals surface area contributed by atoms with Crippen LogP contribution in [0.1, 0.15) is 0 Å². The van der Waals surface area contributed by atoms with E-state index in [4.69, 9.17) is 12.2 Å². The molecule has 0 aliphatic rings. The van der Waals surface area contributed by atoms with E-state index in [2.05, 4.69) is 16.0 Å². The predicted octanol–water partition coefficient (Wildman–Crippen LogP) is -0.648. The minimum absolute atomic E-state index is 0.0998. The van der Waals surface area contributed by atoms with Gasteiger partial charge in [-0.2, -0.15) is 0 Å². The number of hydrogen-bond donors (Lipinski definition) is 3. The number of rotatable bonds is 3. The lowest BCUT2D eigenvalue weighted by molar-refractivity contribution is 0.217. The number of carbonyl (C=O) groups excluding carboxylic acids is 1. The molecule has 0 saturated heterocycles. The first-order valence-electron chi connectivity index (χ1n) is 3.98. The second kappa shape index (κ2) is 6.47. The highest BCUT2D eigenvalue weighted by atomic mass is 32.1. The van der Waals surface area contributed by atoms with Crippen molar-refractivity contribution in [1.29, 1.82) is 0 Å². The SMILES string of the molecule is CNC(=S)NCCNC(=O)N(C)C. The van der Waals surface area contributed by atoms with E-state index in [0.29, 0.717) is 18.2 Å². The molecule has 0 aliphatic carbocycles. The summed E-state index contributed by atoms with van der Waals surface area (Å²) in [5.41, 5.74) is 0. The second-order valence-corrected chi connectivity index (χ2v) is 3.04. The number of carbonyl (C=O) groups is 1. The molecular formula is C7H16N4OS. The lowest BCUT2D eigenvalue weighted by Crippen LogP contribution is -2.41. The molecule has 0 aromatic rings. The highest BCUT2D eigenvalue weighted by molar-refractivity contribution is 7.80. The third kappa shape index (κ3) is 6.15. The van der Waals surface area contributed by atoms with Crippen molar-refractivity contribution in [1.82, 2.24) is 20.9 Å². The van der Waals surface area contributed by atoms with Gasteiger partial charge in [0.05, 0.1) is 0 Å². The molecule has 2 amide bonds. The fourth-order valence-corrected chi connectivity index (χ4v) is 0.694. The van der Waals surface area contributed by atoms with Crippen LogP contribution in [0.3, 0.4) is 0 Å². The van der Waals surface area contributed by atoms with Gasteiger partial charge < -0.3 is 20.9 Å². The molecule has 0 heterocycles. The standard InChI is InChI=1S/C7H16N4OS/c1-8-6(13)9-4-5-10-7(12)11(2)3/h4-5H2,1-3H3,(H,10,12)(H2,8,9,13). The predicted molar refractivity (Wildman–Crippen MR) is 56.7 cm³/mol. The third-order valence-corrected chi connectivity index (χ3v) is 1.67. The van der Waals surface area contributed by atoms with E-state index in [1.165, 1.54) is 4.90 Å². The van der Waals surface area contributed by atoms with Gasteiger partial charge in [-0.15, -0.1) is 0 Å². The molecule has 0 bridgehead atoms. The van der Waals surface area contributed by atoms with Crippen molar-refractivity contribution in [2.24, 2.45) is 0 Å². The van der Waals surface area contributed by atoms with Crippen molar-refractivity contribution < 1.29 is 4.79 Å². The summed E-state index contributed by atoms with van der Waals surface area (Å²) < 4.78 is 0. The molecule has 0 fully saturated rings. The fraction of sp³-hybridized carbons (Fsp3) is 0.714. The molecule has 0 atom stereocenters. The van der Waals surface area contributed by atoms with E-state index in [0.717, 1.165) is 0 Å². The van der Waals surface area contributed by atoms with Gasteiger partial charge in [-0.05, 0) is 12.2 Å². The van der Waals surface area contributed by atoms with E-state index in [9.17, 15) is 4.79 Å². The van der Waals surface area contributed by atoms with Gasteiger partial charge in [0.2, 0.25) is 0 Å². The largest absolute Gasteiger partial charge is 0.366 e. The Kier molecular flexibility index (Phi) is 5.96. The van der Waals surface area contributed by atoms with Crippen LogP contribution in [0, 0.1) is 0 Å². The van der Waals surface area contributed by atoms with E-state index < -0.39 is 0 Å². The lowest BCUT2D eigenvalue weighted by atomic mass is 10.6. The van der Waals surface area contributed by atoms with Crippen LogP contribution in [0.25, 0.3) is 0 Å². The van der Waals surface area contributed by atoms with Crippen molar-refractivity contribution in [2.45, 2.75) is 0 Å². The first-order chi connectivity index (χ1) is 6.07. The maximum Gasteiger partial charge on any atom is 0.316 e. The Labute approximate surface area is 83.9 Å². The van der Waals surface area contributed by atoms with Gasteiger partial charge in [-0.3, -0.25) is 0 Å². The number of nitrogens with zero attached hydrogens (tertiary/aromatic N) is 1. The summed E-state index contributed by atoms with van der Waals surface area (Å²) in [6.45, 7) is 1.18. The van der Waals surface area contributed by atoms with Gasteiger partial charge in [0, 0.05) is 34.2 Å². The molecule has 0 aromatic heterocycles. The fourth-order valence-electron chi connectivity index (χ4n) is 0.592. The lowest BCUT2D eigenvalue weighted by Gasteiger charge is -2.12. The zero-order chi connectivity index (χ0) is 10.3. The van der Waals surface area contributed by atoms with E-state index in [1.54, 1.807) is 21.1 Å². The van der Waals surface area contributed by atoms with Crippen LogP contribution in [0.2, 0.25) is 0 Å². The Morgan fingerprint density at radius 2 is 1.85 bits per heavy atom. The second-order valence-electron chi connectivity index (χ2n) is 2.63. The van der Waals surface area contributed by atoms with Gasteiger partial charge in [0.15, 0.2) is 5.11 Å². The van der Waals surface area contributed by atoms with Crippen molar-refractivity contribution in [3.8, 4) is 0 Å². The van der Waals surface area contributed by atoms with Crippen molar-refractivity contribution in [2.75, 3.05) is 34.2 Å². The van der Waals surface area contributed by atoms with Crippen molar-refractivity contribution in [3.05, 3.63) is 0 Å². The maximum absolute atomic E-state index is 11.0. The zero-order valence-corrected chi connectivity index (χ0v) is 8.99. The van der Waals surface area contributed by atoms with Gasteiger partial charge in [-0.1, -0.05) is 0 Å². The van der Waals surface area contributed by atoms with E-state index in [1.807, 2.05) is 0 Å². The highest BCUT2D eigenvalue weighted by Crippen LogP contribution is 1.74. The average Bonchev–Trinajstić information content (AvgIpc) is 2.11. The molecule has 0 saturated carbocycles. The van der Waals surface area contributed by atoms with Gasteiger partial charge in [-0.25, -0.2) is 4.79 Å². The zero-order valence-electron chi connectivity index (χ0n) is 8.18. The Balaban J connectivity index is 3.36. The van der Waals surface area contributed by atoms with Crippen molar-refractivity contribution >= 4 is 23.4 Å². The summed E-state index contributed by atoms with van der Waals surface area (Å²) >= 11 is 4.84. The summed E-state index contributed by atoms with van der Waals surface area (Å²) in [5.74, 6) is 0. The molecule has 0 spiro atoms. The first-order valence-corrected chi connectivity index (χ1v) is 4.39. The minimum Gasteiger partial charge on any atom is -0.366 e. The molecule has 6 heteroatoms. The Morgan fingerprint density at radius 3 is 2.31 bits per heavy atom. The summed E-state index contributed by atoms with van der Waals surface area (Å²) in [5, 5.41) is 8.97. The number of amides is 2. The minimum atomic E-state index is -0.0998. The van der Waals surface area contributed by atoms with Crippen molar-refractivity contribution in [3.63, 3.8) is 0 Å². The normalized spacial score (nSPS) is 8.85. The number of thiocarbonyl (C=S) groups is 1. The monoisotopic (exact) mass is 204 g/mol. The van der Waals surface area contributed by atoms with Crippen LogP contribution in [-0.2, 0) is 0 Å². The molecule has 0 radical (unpaired) electrons. The first kappa shape index (κ1) is 12.0. The van der Waals surface area contributed by atoms with E-state index in [-0.39, 0.29) is 6.03 Å². The Bertz CT molecular complexity index is 183. The van der Waals surface area contributed by atoms with Crippen LogP contribution in [-0.4, -0.2) is 50.3 Å². The van der Waals surface area contributed by atoms with Crippen LogP contribution in [0.5, 0.6) is 0 Å². The van der Waals surface area contributed by atoms with Crippen LogP contribution in [0.4, 0.5) is 4.79 Å². The molecular weight excluding hydrogens is 188 g/mol. The summed E-state index contributed by atoms with van der Waals surface area (Å²) in [4.78, 5) is 12.5. The van der Waals surface area contributed by atoms with Gasteiger partial charge in [0.25, 0.3) is 0 Å². The quantitative estimate of drug-likeness (QED) is 0.422. The topological polar surface area (TPSA) is 56.4 Å². The molecule has 0 unspecified atom stereocenters. The van der Waals surface area contributed by atoms with Crippen LogP contribution >= 0.6 is 12.2 Å². The molecule has 3 N–H and O–H groups in total. The third-order valence-electron chi connectivity index (χ3n) is 1.32. The molecule has 0 aliphatic heterocycles. The molecule has 5 nitrogen and oxygen atoms in total. The molecule has 13 heavy (non-hydrogen) atoms. The molecule has 76 valence electrons. The summed E-state index contributed by atoms with van der Waals surface area (Å²) in [6, 6.07) is -0.0998. The number of nitrogens with one attached hydrogen (secondary N) is 3. The summed E-state index contributed by atoms with van der Waals surface area (Å²) in [7, 11) is 5.13. The van der Waals surface area contributed by atoms with E-state index >= 15 is 0 Å². The maximum atomic E-state index is 11.0. The highest BCUT2D eigenvalue weighted by Gasteiger charge is 2.00. The number of urea groups is 1. The van der Waals surface area contributed by atoms with Crippen LogP contribution in [0.15, 0.2) is 0 Å². The van der Waals surface area contributed by atoms with Crippen LogP contribution < -0.4 is 16.0 Å². The average molecular weight is 204 g/mol. The van der Waals surface area contributed by atoms with Gasteiger partial charge in [0.1, 0.15) is 0 Å². The summed E-state index contributed by atoms with van der Waals surface area (Å²) in [6.07, 6.45) is 0.